The molecule has 6 heteroatoms. The van der Waals surface area contributed by atoms with Gasteiger partial charge in [-0.2, -0.15) is 0 Å². The van der Waals surface area contributed by atoms with Crippen molar-refractivity contribution in [3.05, 3.63) is 52.2 Å². The number of carbonyl (C=O) groups excluding carboxylic acids is 1. The van der Waals surface area contributed by atoms with Crippen molar-refractivity contribution in [2.75, 3.05) is 5.32 Å². The van der Waals surface area contributed by atoms with Crippen LogP contribution in [0.5, 0.6) is 0 Å². The Morgan fingerprint density at radius 1 is 1.32 bits per heavy atom. The van der Waals surface area contributed by atoms with E-state index >= 15 is 0 Å². The highest BCUT2D eigenvalue weighted by Gasteiger charge is 2.14. The van der Waals surface area contributed by atoms with Crippen LogP contribution in [0.15, 0.2) is 36.0 Å². The lowest BCUT2D eigenvalue weighted by Gasteiger charge is -2.05. The van der Waals surface area contributed by atoms with Crippen LogP contribution < -0.4 is 5.32 Å². The third kappa shape index (κ3) is 2.92. The minimum atomic E-state index is -0.183. The molecule has 0 saturated carbocycles. The number of aromatic nitrogens is 3. The Hall–Kier alpha value is -2.47. The zero-order chi connectivity index (χ0) is 15.7. The lowest BCUT2D eigenvalue weighted by Crippen LogP contribution is -2.16. The average Bonchev–Trinajstić information content (AvgIpc) is 3.07. The summed E-state index contributed by atoms with van der Waals surface area (Å²) in [5, 5.41) is 5.81. The second-order valence-electron chi connectivity index (χ2n) is 5.15. The van der Waals surface area contributed by atoms with Gasteiger partial charge >= 0.3 is 0 Å². The van der Waals surface area contributed by atoms with Crippen LogP contribution in [0.25, 0.3) is 11.3 Å². The fourth-order valence-electron chi connectivity index (χ4n) is 2.15. The molecule has 1 amide bonds. The SMILES string of the molecule is Cc1ccc(NC(=O)c2cc(-c3csc(C)n3)cn2C)nc1. The highest BCUT2D eigenvalue weighted by Crippen LogP contribution is 2.23. The van der Waals surface area contributed by atoms with Crippen molar-refractivity contribution in [1.29, 1.82) is 0 Å². The molecule has 112 valence electrons. The van der Waals surface area contributed by atoms with Crippen molar-refractivity contribution >= 4 is 23.1 Å². The van der Waals surface area contributed by atoms with Gasteiger partial charge in [-0.3, -0.25) is 4.79 Å². The first-order chi connectivity index (χ1) is 10.5. The van der Waals surface area contributed by atoms with E-state index in [4.69, 9.17) is 0 Å². The molecule has 0 aliphatic heterocycles. The number of amides is 1. The Kier molecular flexibility index (Phi) is 3.77. The monoisotopic (exact) mass is 312 g/mol. The first-order valence-electron chi connectivity index (χ1n) is 6.86. The van der Waals surface area contributed by atoms with E-state index in [1.165, 1.54) is 0 Å². The van der Waals surface area contributed by atoms with Gasteiger partial charge in [-0.15, -0.1) is 11.3 Å². The normalized spacial score (nSPS) is 10.7. The average molecular weight is 312 g/mol. The lowest BCUT2D eigenvalue weighted by molar-refractivity contribution is 0.101. The molecule has 0 bridgehead atoms. The molecule has 1 N–H and O–H groups in total. The maximum Gasteiger partial charge on any atom is 0.273 e. The van der Waals surface area contributed by atoms with Gasteiger partial charge in [0.25, 0.3) is 5.91 Å². The molecular weight excluding hydrogens is 296 g/mol. The van der Waals surface area contributed by atoms with Gasteiger partial charge in [0.2, 0.25) is 0 Å². The second-order valence-corrected chi connectivity index (χ2v) is 6.21. The van der Waals surface area contributed by atoms with E-state index < -0.39 is 0 Å². The summed E-state index contributed by atoms with van der Waals surface area (Å²) in [5.41, 5.74) is 3.46. The summed E-state index contributed by atoms with van der Waals surface area (Å²) >= 11 is 1.60. The molecule has 0 atom stereocenters. The van der Waals surface area contributed by atoms with Gasteiger partial charge in [0.1, 0.15) is 11.5 Å². The molecule has 3 heterocycles. The van der Waals surface area contributed by atoms with Gasteiger partial charge < -0.3 is 9.88 Å². The zero-order valence-electron chi connectivity index (χ0n) is 12.6. The van der Waals surface area contributed by atoms with E-state index in [2.05, 4.69) is 15.3 Å². The predicted molar refractivity (Wildman–Crippen MR) is 88.2 cm³/mol. The number of nitrogens with zero attached hydrogens (tertiary/aromatic N) is 3. The Balaban J connectivity index is 1.83. The van der Waals surface area contributed by atoms with Crippen LogP contribution in [0.3, 0.4) is 0 Å². The largest absolute Gasteiger partial charge is 0.346 e. The van der Waals surface area contributed by atoms with E-state index in [-0.39, 0.29) is 5.91 Å². The maximum atomic E-state index is 12.4. The number of nitrogens with one attached hydrogen (secondary N) is 1. The molecule has 0 aliphatic carbocycles. The van der Waals surface area contributed by atoms with Crippen LogP contribution in [0.2, 0.25) is 0 Å². The van der Waals surface area contributed by atoms with Gasteiger partial charge in [-0.05, 0) is 31.5 Å². The molecule has 0 aromatic carbocycles. The predicted octanol–water partition coefficient (Wildman–Crippen LogP) is 3.41. The minimum Gasteiger partial charge on any atom is -0.346 e. The number of hydrogen-bond donors (Lipinski definition) is 1. The van der Waals surface area contributed by atoms with Gasteiger partial charge in [-0.25, -0.2) is 9.97 Å². The topological polar surface area (TPSA) is 59.8 Å². The summed E-state index contributed by atoms with van der Waals surface area (Å²) in [5.74, 6) is 0.361. The summed E-state index contributed by atoms with van der Waals surface area (Å²) in [7, 11) is 1.85. The standard InChI is InChI=1S/C16H16N4OS/c1-10-4-5-15(17-7-10)19-16(21)14-6-12(8-20(14)3)13-9-22-11(2)18-13/h4-9H,1-3H3,(H,17,19,21). The maximum absolute atomic E-state index is 12.4. The van der Waals surface area contributed by atoms with E-state index in [9.17, 15) is 4.79 Å². The number of aryl methyl sites for hydroxylation is 3. The van der Waals surface area contributed by atoms with Crippen molar-refractivity contribution < 1.29 is 4.79 Å². The highest BCUT2D eigenvalue weighted by atomic mass is 32.1. The van der Waals surface area contributed by atoms with Crippen LogP contribution in [0, 0.1) is 13.8 Å². The molecule has 0 aliphatic rings. The van der Waals surface area contributed by atoms with Gasteiger partial charge in [0.15, 0.2) is 0 Å². The van der Waals surface area contributed by atoms with Crippen molar-refractivity contribution in [2.24, 2.45) is 7.05 Å². The number of thiazole rings is 1. The van der Waals surface area contributed by atoms with Crippen LogP contribution in [-0.2, 0) is 7.05 Å². The highest BCUT2D eigenvalue weighted by molar-refractivity contribution is 7.09. The molecule has 3 aromatic rings. The van der Waals surface area contributed by atoms with Crippen LogP contribution in [-0.4, -0.2) is 20.4 Å². The summed E-state index contributed by atoms with van der Waals surface area (Å²) < 4.78 is 1.80. The first-order valence-corrected chi connectivity index (χ1v) is 7.74. The minimum absolute atomic E-state index is 0.183. The van der Waals surface area contributed by atoms with Gasteiger partial charge in [0, 0.05) is 30.4 Å². The van der Waals surface area contributed by atoms with Crippen molar-refractivity contribution in [3.63, 3.8) is 0 Å². The Labute approximate surface area is 132 Å². The zero-order valence-corrected chi connectivity index (χ0v) is 13.4. The van der Waals surface area contributed by atoms with E-state index in [1.54, 1.807) is 28.2 Å². The van der Waals surface area contributed by atoms with E-state index in [1.807, 2.05) is 44.6 Å². The molecule has 3 rings (SSSR count). The molecule has 22 heavy (non-hydrogen) atoms. The quantitative estimate of drug-likeness (QED) is 0.806. The van der Waals surface area contributed by atoms with Crippen LogP contribution >= 0.6 is 11.3 Å². The molecule has 0 spiro atoms. The lowest BCUT2D eigenvalue weighted by atomic mass is 10.2. The summed E-state index contributed by atoms with van der Waals surface area (Å²) in [6.07, 6.45) is 3.63. The number of carbonyl (C=O) groups is 1. The summed E-state index contributed by atoms with van der Waals surface area (Å²) in [6.45, 7) is 3.92. The first kappa shape index (κ1) is 14.5. The molecule has 0 unspecified atom stereocenters. The molecule has 0 saturated heterocycles. The Morgan fingerprint density at radius 3 is 2.77 bits per heavy atom. The molecule has 0 radical (unpaired) electrons. The second kappa shape index (κ2) is 5.73. The third-order valence-corrected chi connectivity index (χ3v) is 4.08. The molecule has 0 fully saturated rings. The molecular formula is C16H16N4OS. The number of pyridine rings is 1. The van der Waals surface area contributed by atoms with Crippen molar-refractivity contribution in [1.82, 2.24) is 14.5 Å². The Morgan fingerprint density at radius 2 is 2.14 bits per heavy atom. The third-order valence-electron chi connectivity index (χ3n) is 3.31. The van der Waals surface area contributed by atoms with E-state index in [0.717, 1.165) is 21.8 Å². The van der Waals surface area contributed by atoms with Gasteiger partial charge in [-0.1, -0.05) is 6.07 Å². The van der Waals surface area contributed by atoms with Crippen molar-refractivity contribution in [3.8, 4) is 11.3 Å². The smallest absolute Gasteiger partial charge is 0.273 e. The molecule has 5 nitrogen and oxygen atoms in total. The van der Waals surface area contributed by atoms with Crippen LogP contribution in [0.1, 0.15) is 21.1 Å². The number of anilines is 1. The fourth-order valence-corrected chi connectivity index (χ4v) is 2.77. The van der Waals surface area contributed by atoms with Gasteiger partial charge in [0.05, 0.1) is 10.7 Å². The summed E-state index contributed by atoms with van der Waals surface area (Å²) in [4.78, 5) is 21.0. The summed E-state index contributed by atoms with van der Waals surface area (Å²) in [6, 6.07) is 5.55. The number of hydrogen-bond acceptors (Lipinski definition) is 4. The van der Waals surface area contributed by atoms with E-state index in [0.29, 0.717) is 11.5 Å². The molecule has 3 aromatic heterocycles. The number of rotatable bonds is 3. The van der Waals surface area contributed by atoms with Crippen LogP contribution in [0.4, 0.5) is 5.82 Å². The fraction of sp³-hybridized carbons (Fsp3) is 0.188. The Bertz CT molecular complexity index is 817. The van der Waals surface area contributed by atoms with Crippen molar-refractivity contribution in [2.45, 2.75) is 13.8 Å².